The van der Waals surface area contributed by atoms with Gasteiger partial charge in [0.2, 0.25) is 0 Å². The number of hydrogen-bond acceptors (Lipinski definition) is 4. The highest BCUT2D eigenvalue weighted by Gasteiger charge is 2.15. The van der Waals surface area contributed by atoms with E-state index in [2.05, 4.69) is 31.9 Å². The number of benzene rings is 2. The van der Waals surface area contributed by atoms with E-state index in [0.29, 0.717) is 32.3 Å². The average Bonchev–Trinajstić information content (AvgIpc) is 2.42. The molecule has 2 rings (SSSR count). The Balaban J connectivity index is 2.38. The zero-order valence-corrected chi connectivity index (χ0v) is 13.0. The van der Waals surface area contributed by atoms with Crippen LogP contribution in [0.2, 0.25) is 0 Å². The molecule has 0 aliphatic carbocycles. The number of rotatable bonds is 4. The molecule has 0 unspecified atom stereocenters. The van der Waals surface area contributed by atoms with Gasteiger partial charge in [0.25, 0.3) is 5.69 Å². The Bertz CT molecular complexity index is 665. The predicted octanol–water partition coefficient (Wildman–Crippen LogP) is 4.72. The van der Waals surface area contributed by atoms with Crippen molar-refractivity contribution in [2.45, 2.75) is 0 Å². The Hall–Kier alpha value is -1.73. The van der Waals surface area contributed by atoms with Crippen LogP contribution in [0.3, 0.4) is 0 Å². The third-order valence-electron chi connectivity index (χ3n) is 2.41. The third kappa shape index (κ3) is 3.23. The number of non-ortho nitro benzene ring substituents is 1. The molecule has 0 amide bonds. The van der Waals surface area contributed by atoms with E-state index in [1.807, 2.05) is 0 Å². The van der Waals surface area contributed by atoms with E-state index in [4.69, 9.17) is 4.74 Å². The molecule has 0 N–H and O–H groups in total. The van der Waals surface area contributed by atoms with Crippen molar-refractivity contribution in [3.8, 4) is 11.5 Å². The molecule has 0 saturated heterocycles. The predicted molar refractivity (Wildman–Crippen MR) is 80.4 cm³/mol. The monoisotopic (exact) mass is 399 g/mol. The molecular weight excluding hydrogens is 394 g/mol. The number of nitro groups is 1. The van der Waals surface area contributed by atoms with Crippen molar-refractivity contribution in [1.82, 2.24) is 0 Å². The number of aldehydes is 1. The number of carbonyl (C=O) groups excluding carboxylic acids is 1. The molecule has 0 aromatic heterocycles. The Morgan fingerprint density at radius 2 is 1.80 bits per heavy atom. The summed E-state index contributed by atoms with van der Waals surface area (Å²) in [7, 11) is 0. The van der Waals surface area contributed by atoms with Crippen LogP contribution >= 0.6 is 31.9 Å². The fourth-order valence-corrected chi connectivity index (χ4v) is 2.84. The van der Waals surface area contributed by atoms with E-state index in [9.17, 15) is 14.9 Å². The van der Waals surface area contributed by atoms with Crippen LogP contribution in [-0.2, 0) is 0 Å². The first-order valence-corrected chi connectivity index (χ1v) is 6.96. The SMILES string of the molecule is O=Cc1cccc(Oc2c(Br)cc([N+](=O)[O-])cc2Br)c1. The molecule has 7 heteroatoms. The van der Waals surface area contributed by atoms with Crippen molar-refractivity contribution < 1.29 is 14.5 Å². The van der Waals surface area contributed by atoms with Gasteiger partial charge >= 0.3 is 0 Å². The van der Waals surface area contributed by atoms with Gasteiger partial charge in [0, 0.05) is 17.7 Å². The van der Waals surface area contributed by atoms with Crippen LogP contribution in [0.1, 0.15) is 10.4 Å². The quantitative estimate of drug-likeness (QED) is 0.422. The van der Waals surface area contributed by atoms with Gasteiger partial charge in [-0.3, -0.25) is 14.9 Å². The topological polar surface area (TPSA) is 69.4 Å². The van der Waals surface area contributed by atoms with Gasteiger partial charge in [-0.25, -0.2) is 0 Å². The van der Waals surface area contributed by atoms with Gasteiger partial charge in [0.1, 0.15) is 12.0 Å². The van der Waals surface area contributed by atoms with Crippen LogP contribution in [0.25, 0.3) is 0 Å². The van der Waals surface area contributed by atoms with Gasteiger partial charge < -0.3 is 4.74 Å². The van der Waals surface area contributed by atoms with Crippen LogP contribution in [0.5, 0.6) is 11.5 Å². The highest BCUT2D eigenvalue weighted by atomic mass is 79.9. The molecule has 2 aromatic rings. The summed E-state index contributed by atoms with van der Waals surface area (Å²) >= 11 is 6.46. The lowest BCUT2D eigenvalue weighted by atomic mass is 10.2. The van der Waals surface area contributed by atoms with E-state index in [0.717, 1.165) is 0 Å². The van der Waals surface area contributed by atoms with Crippen LogP contribution < -0.4 is 4.74 Å². The van der Waals surface area contributed by atoms with Crippen molar-refractivity contribution in [3.05, 3.63) is 61.0 Å². The average molecular weight is 401 g/mol. The minimum absolute atomic E-state index is 0.0576. The molecule has 0 bridgehead atoms. The number of halogens is 2. The molecule has 0 atom stereocenters. The minimum Gasteiger partial charge on any atom is -0.455 e. The molecule has 0 aliphatic rings. The van der Waals surface area contributed by atoms with Crippen molar-refractivity contribution in [1.29, 1.82) is 0 Å². The second-order valence-corrected chi connectivity index (χ2v) is 5.50. The largest absolute Gasteiger partial charge is 0.455 e. The molecule has 0 spiro atoms. The fourth-order valence-electron chi connectivity index (χ4n) is 1.52. The Morgan fingerprint density at radius 3 is 2.35 bits per heavy atom. The lowest BCUT2D eigenvalue weighted by Gasteiger charge is -2.10. The molecular formula is C13H7Br2NO4. The number of nitro benzene ring substituents is 1. The van der Waals surface area contributed by atoms with Crippen LogP contribution in [-0.4, -0.2) is 11.2 Å². The summed E-state index contributed by atoms with van der Waals surface area (Å²) in [6, 6.07) is 9.31. The normalized spacial score (nSPS) is 10.1. The van der Waals surface area contributed by atoms with E-state index in [1.165, 1.54) is 12.1 Å². The summed E-state index contributed by atoms with van der Waals surface area (Å²) < 4.78 is 6.52. The van der Waals surface area contributed by atoms with E-state index in [-0.39, 0.29) is 5.69 Å². The van der Waals surface area contributed by atoms with Crippen molar-refractivity contribution in [3.63, 3.8) is 0 Å². The van der Waals surface area contributed by atoms with Crippen molar-refractivity contribution in [2.75, 3.05) is 0 Å². The van der Waals surface area contributed by atoms with Gasteiger partial charge in [0.15, 0.2) is 5.75 Å². The van der Waals surface area contributed by atoms with E-state index < -0.39 is 4.92 Å². The van der Waals surface area contributed by atoms with Gasteiger partial charge in [-0.1, -0.05) is 12.1 Å². The van der Waals surface area contributed by atoms with Gasteiger partial charge in [-0.05, 0) is 44.0 Å². The minimum atomic E-state index is -0.494. The maximum absolute atomic E-state index is 10.7. The molecule has 5 nitrogen and oxygen atoms in total. The summed E-state index contributed by atoms with van der Waals surface area (Å²) in [5.41, 5.74) is 0.425. The molecule has 0 heterocycles. The van der Waals surface area contributed by atoms with Crippen molar-refractivity contribution in [2.24, 2.45) is 0 Å². The maximum atomic E-state index is 10.7. The summed E-state index contributed by atoms with van der Waals surface area (Å²) in [4.78, 5) is 21.0. The zero-order valence-electron chi connectivity index (χ0n) is 9.88. The van der Waals surface area contributed by atoms with Gasteiger partial charge in [0.05, 0.1) is 13.9 Å². The number of hydrogen-bond donors (Lipinski definition) is 0. The fraction of sp³-hybridized carbons (Fsp3) is 0. The number of nitrogens with zero attached hydrogens (tertiary/aromatic N) is 1. The third-order valence-corrected chi connectivity index (χ3v) is 3.59. The highest BCUT2D eigenvalue weighted by Crippen LogP contribution is 2.39. The molecule has 0 fully saturated rings. The Kier molecular flexibility index (Phi) is 4.51. The maximum Gasteiger partial charge on any atom is 0.271 e. The lowest BCUT2D eigenvalue weighted by Crippen LogP contribution is -1.92. The van der Waals surface area contributed by atoms with Crippen LogP contribution in [0.4, 0.5) is 5.69 Å². The van der Waals surface area contributed by atoms with Gasteiger partial charge in [-0.2, -0.15) is 0 Å². The number of ether oxygens (including phenoxy) is 1. The molecule has 0 saturated carbocycles. The summed E-state index contributed by atoms with van der Waals surface area (Å²) in [5.74, 6) is 0.864. The lowest BCUT2D eigenvalue weighted by molar-refractivity contribution is -0.385. The van der Waals surface area contributed by atoms with E-state index in [1.54, 1.807) is 24.3 Å². The second kappa shape index (κ2) is 6.15. The van der Waals surface area contributed by atoms with Crippen LogP contribution in [0.15, 0.2) is 45.3 Å². The van der Waals surface area contributed by atoms with E-state index >= 15 is 0 Å². The molecule has 102 valence electrons. The Morgan fingerprint density at radius 1 is 1.15 bits per heavy atom. The first kappa shape index (κ1) is 14.7. The molecule has 0 radical (unpaired) electrons. The second-order valence-electron chi connectivity index (χ2n) is 3.79. The summed E-state index contributed by atoms with van der Waals surface area (Å²) in [6.45, 7) is 0. The van der Waals surface area contributed by atoms with Crippen molar-refractivity contribution >= 4 is 43.8 Å². The molecule has 0 aliphatic heterocycles. The van der Waals surface area contributed by atoms with Gasteiger partial charge in [-0.15, -0.1) is 0 Å². The summed E-state index contributed by atoms with van der Waals surface area (Å²) in [5, 5.41) is 10.7. The highest BCUT2D eigenvalue weighted by molar-refractivity contribution is 9.11. The Labute approximate surface area is 131 Å². The molecule has 20 heavy (non-hydrogen) atoms. The first-order chi connectivity index (χ1) is 9.51. The smallest absolute Gasteiger partial charge is 0.271 e. The standard InChI is InChI=1S/C13H7Br2NO4/c14-11-5-9(16(18)19)6-12(15)13(11)20-10-3-1-2-8(4-10)7-17/h1-7H. The van der Waals surface area contributed by atoms with Crippen LogP contribution in [0, 0.1) is 10.1 Å². The molecule has 2 aromatic carbocycles. The first-order valence-electron chi connectivity index (χ1n) is 5.38. The summed E-state index contributed by atoms with van der Waals surface area (Å²) in [6.07, 6.45) is 0.715. The zero-order chi connectivity index (χ0) is 14.7. The number of carbonyl (C=O) groups is 1.